The Hall–Kier alpha value is -3.13. The highest BCUT2D eigenvalue weighted by atomic mass is 35.5. The lowest BCUT2D eigenvalue weighted by Crippen LogP contribution is -2.31. The lowest BCUT2D eigenvalue weighted by molar-refractivity contribution is -0.137. The lowest BCUT2D eigenvalue weighted by atomic mass is 9.82. The van der Waals surface area contributed by atoms with Crippen LogP contribution in [-0.2, 0) is 15.8 Å². The van der Waals surface area contributed by atoms with Crippen LogP contribution < -0.4 is 10.2 Å². The summed E-state index contributed by atoms with van der Waals surface area (Å²) in [7, 11) is 0. The fourth-order valence-corrected chi connectivity index (χ4v) is 4.23. The van der Waals surface area contributed by atoms with E-state index in [9.17, 15) is 27.6 Å². The van der Waals surface area contributed by atoms with Crippen LogP contribution in [0.4, 0.5) is 24.5 Å². The van der Waals surface area contributed by atoms with Gasteiger partial charge < -0.3 is 5.32 Å². The van der Waals surface area contributed by atoms with Crippen molar-refractivity contribution >= 4 is 40.7 Å². The Kier molecular flexibility index (Phi) is 5.58. The van der Waals surface area contributed by atoms with Gasteiger partial charge in [0.1, 0.15) is 0 Å². The molecule has 2 aromatic rings. The number of halogens is 4. The largest absolute Gasteiger partial charge is 0.416 e. The fraction of sp³-hybridized carbons (Fsp3) is 0.261. The average molecular weight is 463 g/mol. The molecular weight excluding hydrogens is 445 g/mol. The van der Waals surface area contributed by atoms with Crippen LogP contribution in [0, 0.1) is 11.8 Å². The lowest BCUT2D eigenvalue weighted by Gasteiger charge is -2.18. The number of rotatable bonds is 3. The standard InChI is InChI=1S/C23H18ClF3N2O3/c1-12-5-7-16-17(9-12)22(32)29(21(16)31)15-4-2-3-13(10-15)20(30)28-19-11-14(23(25,26)27)6-8-18(19)24/h2-6,8,10-11,16-17H,7,9H2,1H3,(H,28,30)/t16-,17-/m1/s1. The molecular formula is C23H18ClF3N2O3. The summed E-state index contributed by atoms with van der Waals surface area (Å²) in [4.78, 5) is 39.6. The number of hydrogen-bond acceptors (Lipinski definition) is 3. The zero-order valence-corrected chi connectivity index (χ0v) is 17.6. The van der Waals surface area contributed by atoms with Gasteiger partial charge in [0.2, 0.25) is 11.8 Å². The van der Waals surface area contributed by atoms with Gasteiger partial charge in [0.25, 0.3) is 5.91 Å². The number of carbonyl (C=O) groups is 3. The summed E-state index contributed by atoms with van der Waals surface area (Å²) in [5.74, 6) is -2.20. The predicted octanol–water partition coefficient (Wildman–Crippen LogP) is 5.46. The number of amides is 3. The number of fused-ring (bicyclic) bond motifs is 1. The highest BCUT2D eigenvalue weighted by molar-refractivity contribution is 6.34. The third kappa shape index (κ3) is 4.02. The summed E-state index contributed by atoms with van der Waals surface area (Å²) in [6, 6.07) is 8.46. The number of alkyl halides is 3. The van der Waals surface area contributed by atoms with Crippen LogP contribution in [-0.4, -0.2) is 17.7 Å². The molecule has 166 valence electrons. The minimum atomic E-state index is -4.59. The summed E-state index contributed by atoms with van der Waals surface area (Å²) in [6.45, 7) is 1.92. The van der Waals surface area contributed by atoms with E-state index in [1.807, 2.05) is 13.0 Å². The molecule has 0 spiro atoms. The van der Waals surface area contributed by atoms with E-state index in [-0.39, 0.29) is 33.8 Å². The van der Waals surface area contributed by atoms with Gasteiger partial charge in [-0.25, -0.2) is 0 Å². The molecule has 1 fully saturated rings. The number of benzene rings is 2. The second-order valence-electron chi connectivity index (χ2n) is 7.91. The maximum absolute atomic E-state index is 13.0. The van der Waals surface area contributed by atoms with Crippen LogP contribution in [0.15, 0.2) is 54.1 Å². The third-order valence-electron chi connectivity index (χ3n) is 5.73. The van der Waals surface area contributed by atoms with Crippen molar-refractivity contribution in [3.8, 4) is 0 Å². The zero-order chi connectivity index (χ0) is 23.2. The molecule has 3 amide bonds. The smallest absolute Gasteiger partial charge is 0.321 e. The van der Waals surface area contributed by atoms with Gasteiger partial charge in [-0.05, 0) is 56.2 Å². The van der Waals surface area contributed by atoms with Crippen molar-refractivity contribution in [2.45, 2.75) is 25.9 Å². The van der Waals surface area contributed by atoms with Gasteiger partial charge >= 0.3 is 6.18 Å². The van der Waals surface area contributed by atoms with Gasteiger partial charge in [0.15, 0.2) is 0 Å². The Morgan fingerprint density at radius 3 is 2.53 bits per heavy atom. The van der Waals surface area contributed by atoms with Crippen molar-refractivity contribution in [2.75, 3.05) is 10.2 Å². The van der Waals surface area contributed by atoms with Gasteiger partial charge in [-0.15, -0.1) is 0 Å². The van der Waals surface area contributed by atoms with E-state index in [1.54, 1.807) is 6.07 Å². The number of nitrogens with zero attached hydrogens (tertiary/aromatic N) is 1. The predicted molar refractivity (Wildman–Crippen MR) is 113 cm³/mol. The van der Waals surface area contributed by atoms with E-state index in [2.05, 4.69) is 5.32 Å². The number of anilines is 2. The van der Waals surface area contributed by atoms with Crippen LogP contribution >= 0.6 is 11.6 Å². The molecule has 4 rings (SSSR count). The van der Waals surface area contributed by atoms with Crippen LogP contribution in [0.5, 0.6) is 0 Å². The molecule has 0 saturated carbocycles. The summed E-state index contributed by atoms with van der Waals surface area (Å²) in [6.07, 6.45) is -1.63. The third-order valence-corrected chi connectivity index (χ3v) is 6.06. The first-order valence-electron chi connectivity index (χ1n) is 9.88. The number of hydrogen-bond donors (Lipinski definition) is 1. The van der Waals surface area contributed by atoms with Gasteiger partial charge in [0.05, 0.1) is 33.8 Å². The monoisotopic (exact) mass is 462 g/mol. The van der Waals surface area contributed by atoms with Crippen molar-refractivity contribution < 1.29 is 27.6 Å². The van der Waals surface area contributed by atoms with Gasteiger partial charge in [-0.3, -0.25) is 19.3 Å². The first kappa shape index (κ1) is 22.1. The molecule has 1 aliphatic carbocycles. The molecule has 5 nitrogen and oxygen atoms in total. The molecule has 0 unspecified atom stereocenters. The minimum Gasteiger partial charge on any atom is -0.321 e. The first-order valence-corrected chi connectivity index (χ1v) is 10.3. The van der Waals surface area contributed by atoms with Crippen molar-refractivity contribution in [3.05, 3.63) is 70.3 Å². The van der Waals surface area contributed by atoms with Gasteiger partial charge in [-0.1, -0.05) is 29.3 Å². The summed E-state index contributed by atoms with van der Waals surface area (Å²) in [5, 5.41) is 2.31. The summed E-state index contributed by atoms with van der Waals surface area (Å²) in [5.41, 5.74) is 0.222. The highest BCUT2D eigenvalue weighted by Crippen LogP contribution is 2.40. The van der Waals surface area contributed by atoms with E-state index in [4.69, 9.17) is 11.6 Å². The molecule has 1 aliphatic heterocycles. The number of nitrogens with one attached hydrogen (secondary N) is 1. The van der Waals surface area contributed by atoms with Crippen LogP contribution in [0.1, 0.15) is 35.7 Å². The molecule has 0 aromatic heterocycles. The molecule has 2 aliphatic rings. The van der Waals surface area contributed by atoms with E-state index in [0.29, 0.717) is 12.8 Å². The molecule has 2 atom stereocenters. The van der Waals surface area contributed by atoms with Crippen molar-refractivity contribution in [3.63, 3.8) is 0 Å². The number of carbonyl (C=O) groups excluding carboxylic acids is 3. The van der Waals surface area contributed by atoms with Gasteiger partial charge in [0, 0.05) is 5.56 Å². The Morgan fingerprint density at radius 2 is 1.81 bits per heavy atom. The minimum absolute atomic E-state index is 0.0562. The molecule has 0 bridgehead atoms. The van der Waals surface area contributed by atoms with E-state index in [0.717, 1.165) is 28.7 Å². The van der Waals surface area contributed by atoms with Crippen LogP contribution in [0.2, 0.25) is 5.02 Å². The maximum Gasteiger partial charge on any atom is 0.416 e. The zero-order valence-electron chi connectivity index (χ0n) is 16.9. The Balaban J connectivity index is 1.58. The molecule has 1 heterocycles. The number of imide groups is 1. The van der Waals surface area contributed by atoms with Crippen LogP contribution in [0.25, 0.3) is 0 Å². The van der Waals surface area contributed by atoms with Crippen molar-refractivity contribution in [1.82, 2.24) is 0 Å². The molecule has 0 radical (unpaired) electrons. The Morgan fingerprint density at radius 1 is 1.09 bits per heavy atom. The summed E-state index contributed by atoms with van der Waals surface area (Å²) >= 11 is 5.95. The highest BCUT2D eigenvalue weighted by Gasteiger charge is 2.48. The molecule has 1 N–H and O–H groups in total. The molecule has 32 heavy (non-hydrogen) atoms. The van der Waals surface area contributed by atoms with Crippen molar-refractivity contribution in [2.24, 2.45) is 11.8 Å². The second-order valence-corrected chi connectivity index (χ2v) is 8.32. The van der Waals surface area contributed by atoms with Crippen molar-refractivity contribution in [1.29, 1.82) is 0 Å². The van der Waals surface area contributed by atoms with Crippen LogP contribution in [0.3, 0.4) is 0 Å². The van der Waals surface area contributed by atoms with E-state index in [1.165, 1.54) is 18.2 Å². The summed E-state index contributed by atoms with van der Waals surface area (Å²) < 4.78 is 38.9. The normalized spacial score (nSPS) is 20.8. The second kappa shape index (κ2) is 8.09. The SMILES string of the molecule is CC1=CC[C@H]2C(=O)N(c3cccc(C(=O)Nc4cc(C(F)(F)F)ccc4Cl)c3)C(=O)[C@@H]2C1. The van der Waals surface area contributed by atoms with E-state index < -0.39 is 29.5 Å². The number of allylic oxidation sites excluding steroid dienone is 2. The Labute approximate surface area is 186 Å². The average Bonchev–Trinajstić information content (AvgIpc) is 2.98. The Bertz CT molecular complexity index is 1160. The fourth-order valence-electron chi connectivity index (χ4n) is 4.07. The molecule has 9 heteroatoms. The molecule has 1 saturated heterocycles. The van der Waals surface area contributed by atoms with E-state index >= 15 is 0 Å². The van der Waals surface area contributed by atoms with Gasteiger partial charge in [-0.2, -0.15) is 13.2 Å². The quantitative estimate of drug-likeness (QED) is 0.486. The molecule has 2 aromatic carbocycles. The first-order chi connectivity index (χ1) is 15.1. The maximum atomic E-state index is 13.0. The topological polar surface area (TPSA) is 66.5 Å².